The summed E-state index contributed by atoms with van der Waals surface area (Å²) in [6.45, 7) is 0.336. The van der Waals surface area contributed by atoms with Gasteiger partial charge in [-0.25, -0.2) is 10.1 Å². The zero-order valence-electron chi connectivity index (χ0n) is 28.5. The number of anilines is 2. The van der Waals surface area contributed by atoms with E-state index in [9.17, 15) is 14.4 Å². The van der Waals surface area contributed by atoms with Crippen molar-refractivity contribution in [1.29, 1.82) is 0 Å². The molecule has 3 aromatic rings. The molecule has 3 amide bonds. The zero-order valence-corrected chi connectivity index (χ0v) is 28.5. The number of nitrogens with one attached hydrogen (secondary N) is 3. The highest BCUT2D eigenvalue weighted by Gasteiger charge is 2.19. The standard InChI is InChI=1S/C39H43N5O5/c1-43(2)30-18-20-32-34(23-30)49-35-24-31(44(3)4)19-21-33(35)38(32)27-10-9-11-28(22-27)39(47)40-25-26-14-16-29(17-15-26)41-36(45)12-7-5-6-8-13-37(46)42-48/h9-11,14-24H,5-8,12-13,25H2,1-4H3,(H3-,40,41,42,45,46,47,48)/p+1. The van der Waals surface area contributed by atoms with Crippen molar-refractivity contribution in [2.24, 2.45) is 0 Å². The Morgan fingerprint density at radius 3 is 2.24 bits per heavy atom. The predicted molar refractivity (Wildman–Crippen MR) is 194 cm³/mol. The van der Waals surface area contributed by atoms with E-state index in [1.54, 1.807) is 5.48 Å². The molecule has 4 N–H and O–H groups in total. The monoisotopic (exact) mass is 662 g/mol. The SMILES string of the molecule is CN(C)c1ccc2c(-c3cccc(C(=O)NCc4ccc(NC(=O)CCCCCCC(=O)NO)cc4)c3)c3ccc(=[N+](C)C)cc-3oc2c1. The highest BCUT2D eigenvalue weighted by Crippen LogP contribution is 2.40. The summed E-state index contributed by atoms with van der Waals surface area (Å²) in [5.74, 6) is 0.116. The maximum atomic E-state index is 13.4. The fourth-order valence-electron chi connectivity index (χ4n) is 5.75. The minimum absolute atomic E-state index is 0.0713. The molecule has 0 radical (unpaired) electrons. The van der Waals surface area contributed by atoms with Gasteiger partial charge in [-0.15, -0.1) is 0 Å². The second kappa shape index (κ2) is 16.1. The molecule has 1 heterocycles. The summed E-state index contributed by atoms with van der Waals surface area (Å²) in [7, 11) is 8.00. The van der Waals surface area contributed by atoms with Crippen molar-refractivity contribution in [2.45, 2.75) is 45.1 Å². The van der Waals surface area contributed by atoms with E-state index in [-0.39, 0.29) is 18.2 Å². The molecule has 0 bridgehead atoms. The number of nitrogens with zero attached hydrogens (tertiary/aromatic N) is 2. The molecule has 0 aromatic heterocycles. The van der Waals surface area contributed by atoms with E-state index in [4.69, 9.17) is 9.62 Å². The summed E-state index contributed by atoms with van der Waals surface area (Å²) >= 11 is 0. The first kappa shape index (κ1) is 34.8. The number of hydrogen-bond donors (Lipinski definition) is 4. The lowest BCUT2D eigenvalue weighted by molar-refractivity contribution is -0.129. The Balaban J connectivity index is 1.25. The second-order valence-electron chi connectivity index (χ2n) is 12.6. The van der Waals surface area contributed by atoms with Gasteiger partial charge in [0.05, 0.1) is 6.07 Å². The molecule has 1 aliphatic heterocycles. The molecule has 0 atom stereocenters. The molecule has 3 aromatic carbocycles. The van der Waals surface area contributed by atoms with Gasteiger partial charge in [0, 0.05) is 79.1 Å². The van der Waals surface area contributed by atoms with Crippen LogP contribution >= 0.6 is 0 Å². The normalized spacial score (nSPS) is 11.0. The van der Waals surface area contributed by atoms with Crippen molar-refractivity contribution >= 4 is 40.1 Å². The molecular formula is C39H44N5O5+. The highest BCUT2D eigenvalue weighted by atomic mass is 16.5. The number of carbonyl (C=O) groups excluding carboxylic acids is 3. The average Bonchev–Trinajstić information content (AvgIpc) is 3.10. The first-order chi connectivity index (χ1) is 23.6. The topological polar surface area (TPSA) is 127 Å². The Hall–Kier alpha value is -5.48. The third kappa shape index (κ3) is 8.91. The third-order valence-corrected chi connectivity index (χ3v) is 8.51. The summed E-state index contributed by atoms with van der Waals surface area (Å²) in [5, 5.41) is 16.5. The summed E-state index contributed by atoms with van der Waals surface area (Å²) in [6.07, 6.45) is 3.71. The van der Waals surface area contributed by atoms with Gasteiger partial charge in [0.1, 0.15) is 25.4 Å². The van der Waals surface area contributed by atoms with Crippen molar-refractivity contribution in [1.82, 2.24) is 15.4 Å². The van der Waals surface area contributed by atoms with Gasteiger partial charge < -0.3 is 20.0 Å². The van der Waals surface area contributed by atoms with Crippen LogP contribution in [0.4, 0.5) is 11.4 Å². The number of hydrogen-bond acceptors (Lipinski definition) is 6. The van der Waals surface area contributed by atoms with Crippen LogP contribution in [-0.2, 0) is 16.1 Å². The molecule has 0 saturated heterocycles. The Morgan fingerprint density at radius 1 is 0.816 bits per heavy atom. The average molecular weight is 663 g/mol. The number of hydroxylamine groups is 1. The molecule has 49 heavy (non-hydrogen) atoms. The molecule has 0 fully saturated rings. The molecule has 10 nitrogen and oxygen atoms in total. The number of carbonyl (C=O) groups is 3. The Bertz CT molecular complexity index is 1990. The van der Waals surface area contributed by atoms with Crippen molar-refractivity contribution in [3.05, 3.63) is 101 Å². The molecule has 0 unspecified atom stereocenters. The maximum absolute atomic E-state index is 13.4. The van der Waals surface area contributed by atoms with E-state index in [0.29, 0.717) is 30.6 Å². The highest BCUT2D eigenvalue weighted by molar-refractivity contribution is 6.04. The largest absolute Gasteiger partial charge is 0.456 e. The second-order valence-corrected chi connectivity index (χ2v) is 12.6. The van der Waals surface area contributed by atoms with Crippen LogP contribution in [0.2, 0.25) is 0 Å². The summed E-state index contributed by atoms with van der Waals surface area (Å²) in [4.78, 5) is 38.8. The van der Waals surface area contributed by atoms with Crippen LogP contribution in [-0.4, -0.2) is 51.1 Å². The number of benzene rings is 4. The van der Waals surface area contributed by atoms with Gasteiger partial charge in [-0.05, 0) is 66.4 Å². The predicted octanol–water partition coefficient (Wildman–Crippen LogP) is 6.02. The van der Waals surface area contributed by atoms with E-state index in [0.717, 1.165) is 69.3 Å². The van der Waals surface area contributed by atoms with Gasteiger partial charge in [-0.2, -0.15) is 0 Å². The van der Waals surface area contributed by atoms with Crippen LogP contribution in [0.3, 0.4) is 0 Å². The lowest BCUT2D eigenvalue weighted by atomic mass is 9.92. The van der Waals surface area contributed by atoms with Gasteiger partial charge >= 0.3 is 0 Å². The van der Waals surface area contributed by atoms with Gasteiger partial charge in [-0.3, -0.25) is 19.6 Å². The third-order valence-electron chi connectivity index (χ3n) is 8.51. The zero-order chi connectivity index (χ0) is 34.9. The van der Waals surface area contributed by atoms with Crippen molar-refractivity contribution in [2.75, 3.05) is 38.4 Å². The van der Waals surface area contributed by atoms with E-state index in [1.165, 1.54) is 0 Å². The van der Waals surface area contributed by atoms with Gasteiger partial charge in [0.25, 0.3) is 5.91 Å². The molecule has 254 valence electrons. The number of unbranched alkanes of at least 4 members (excludes halogenated alkanes) is 3. The molecular weight excluding hydrogens is 618 g/mol. The van der Waals surface area contributed by atoms with Crippen molar-refractivity contribution < 1.29 is 24.0 Å². The molecule has 2 aliphatic rings. The van der Waals surface area contributed by atoms with E-state index >= 15 is 0 Å². The van der Waals surface area contributed by atoms with E-state index < -0.39 is 5.91 Å². The first-order valence-electron chi connectivity index (χ1n) is 16.5. The fourth-order valence-corrected chi connectivity index (χ4v) is 5.75. The maximum Gasteiger partial charge on any atom is 0.251 e. The number of amides is 3. The number of rotatable bonds is 13. The first-order valence-corrected chi connectivity index (χ1v) is 16.5. The smallest absolute Gasteiger partial charge is 0.251 e. The fraction of sp³-hybridized carbons (Fsp3) is 0.282. The lowest BCUT2D eigenvalue weighted by Crippen LogP contribution is -2.22. The van der Waals surface area contributed by atoms with Gasteiger partial charge in [0.15, 0.2) is 0 Å². The molecule has 0 spiro atoms. The molecule has 5 rings (SSSR count). The Morgan fingerprint density at radius 2 is 1.55 bits per heavy atom. The summed E-state index contributed by atoms with van der Waals surface area (Å²) < 4.78 is 8.49. The molecule has 0 saturated carbocycles. The van der Waals surface area contributed by atoms with E-state index in [2.05, 4.69) is 34.9 Å². The van der Waals surface area contributed by atoms with Gasteiger partial charge in [-0.1, -0.05) is 37.1 Å². The van der Waals surface area contributed by atoms with Crippen LogP contribution in [0, 0.1) is 0 Å². The summed E-state index contributed by atoms with van der Waals surface area (Å²) in [6, 6.07) is 27.5. The van der Waals surface area contributed by atoms with Crippen molar-refractivity contribution in [3.63, 3.8) is 0 Å². The number of fused-ring (bicyclic) bond motifs is 2. The van der Waals surface area contributed by atoms with Crippen LogP contribution in [0.5, 0.6) is 0 Å². The van der Waals surface area contributed by atoms with Gasteiger partial charge in [0.2, 0.25) is 17.2 Å². The minimum Gasteiger partial charge on any atom is -0.456 e. The summed E-state index contributed by atoms with van der Waals surface area (Å²) in [5.41, 5.74) is 8.46. The quantitative estimate of drug-likeness (QED) is 0.0402. The molecule has 10 heteroatoms. The lowest BCUT2D eigenvalue weighted by Gasteiger charge is -2.18. The van der Waals surface area contributed by atoms with Crippen molar-refractivity contribution in [3.8, 4) is 22.5 Å². The minimum atomic E-state index is -0.393. The van der Waals surface area contributed by atoms with E-state index in [1.807, 2.05) is 98.3 Å². The van der Waals surface area contributed by atoms with Crippen LogP contribution in [0.15, 0.2) is 89.3 Å². The van der Waals surface area contributed by atoms with Crippen LogP contribution < -0.4 is 30.9 Å². The Kier molecular flexibility index (Phi) is 11.4. The van der Waals surface area contributed by atoms with Crippen LogP contribution in [0.25, 0.3) is 33.4 Å². The van der Waals surface area contributed by atoms with Crippen LogP contribution in [0.1, 0.15) is 54.4 Å². The Labute approximate surface area is 286 Å². The molecule has 1 aliphatic carbocycles.